The molecule has 29 heavy (non-hydrogen) atoms. The summed E-state index contributed by atoms with van der Waals surface area (Å²) in [5.41, 5.74) is 0.354. The van der Waals surface area contributed by atoms with Gasteiger partial charge in [-0.2, -0.15) is 0 Å². The molecule has 0 radical (unpaired) electrons. The molecule has 2 aromatic carbocycles. The van der Waals surface area contributed by atoms with E-state index in [0.29, 0.717) is 16.6 Å². The number of nitrogens with one attached hydrogen (secondary N) is 1. The molecule has 1 aliphatic rings. The molecule has 2 heterocycles. The third-order valence-electron chi connectivity index (χ3n) is 4.98. The van der Waals surface area contributed by atoms with E-state index in [0.717, 1.165) is 18.2 Å². The van der Waals surface area contributed by atoms with Crippen LogP contribution in [-0.4, -0.2) is 29.4 Å². The van der Waals surface area contributed by atoms with Gasteiger partial charge in [0.05, 0.1) is 24.6 Å². The Balaban J connectivity index is 1.82. The number of carbonyl (C=O) groups excluding carboxylic acids is 1. The summed E-state index contributed by atoms with van der Waals surface area (Å²) in [6.45, 7) is 0.201. The number of H-pyrrole nitrogens is 1. The molecule has 0 saturated carbocycles. The lowest BCUT2D eigenvalue weighted by Crippen LogP contribution is -2.37. The molecular formula is C20H14ClF3N2O3. The fourth-order valence-electron chi connectivity index (χ4n) is 3.55. The van der Waals surface area contributed by atoms with E-state index in [2.05, 4.69) is 4.98 Å². The number of aromatic amines is 1. The number of fused-ring (bicyclic) bond motifs is 3. The first-order chi connectivity index (χ1) is 13.8. The van der Waals surface area contributed by atoms with Gasteiger partial charge < -0.3 is 14.6 Å². The van der Waals surface area contributed by atoms with Gasteiger partial charge in [0.15, 0.2) is 0 Å². The van der Waals surface area contributed by atoms with Gasteiger partial charge in [-0.05, 0) is 29.7 Å². The summed E-state index contributed by atoms with van der Waals surface area (Å²) in [6.07, 6.45) is 0. The molecule has 1 amide bonds. The Morgan fingerprint density at radius 3 is 2.55 bits per heavy atom. The molecule has 5 nitrogen and oxygen atoms in total. The minimum atomic E-state index is -1.05. The van der Waals surface area contributed by atoms with E-state index in [1.54, 1.807) is 0 Å². The van der Waals surface area contributed by atoms with Crippen LogP contribution >= 0.6 is 11.6 Å². The van der Waals surface area contributed by atoms with E-state index >= 15 is 0 Å². The smallest absolute Gasteiger partial charge is 0.256 e. The highest BCUT2D eigenvalue weighted by Gasteiger charge is 2.31. The molecule has 0 spiro atoms. The van der Waals surface area contributed by atoms with Crippen molar-refractivity contribution in [3.8, 4) is 0 Å². The maximum Gasteiger partial charge on any atom is 0.256 e. The molecule has 4 rings (SSSR count). The van der Waals surface area contributed by atoms with Crippen LogP contribution in [0.5, 0.6) is 0 Å². The quantitative estimate of drug-likeness (QED) is 0.636. The second kappa shape index (κ2) is 7.20. The number of carbonyl (C=O) groups is 1. The van der Waals surface area contributed by atoms with E-state index in [1.165, 1.54) is 24.1 Å². The van der Waals surface area contributed by atoms with Crippen molar-refractivity contribution in [1.82, 2.24) is 9.88 Å². The van der Waals surface area contributed by atoms with Crippen LogP contribution in [0.4, 0.5) is 13.2 Å². The van der Waals surface area contributed by atoms with Crippen molar-refractivity contribution in [3.05, 3.63) is 80.0 Å². The molecule has 0 bridgehead atoms. The molecule has 0 aliphatic carbocycles. The molecule has 1 N–H and O–H groups in total. The zero-order valence-electron chi connectivity index (χ0n) is 15.1. The van der Waals surface area contributed by atoms with Gasteiger partial charge in [-0.1, -0.05) is 17.7 Å². The number of aromatic nitrogens is 1. The molecular weight excluding hydrogens is 409 g/mol. The predicted molar refractivity (Wildman–Crippen MR) is 100 cm³/mol. The second-order valence-electron chi connectivity index (χ2n) is 6.74. The van der Waals surface area contributed by atoms with Crippen molar-refractivity contribution < 1.29 is 22.7 Å². The topological polar surface area (TPSA) is 62.4 Å². The average Bonchev–Trinajstić information content (AvgIpc) is 2.70. The normalized spacial score (nSPS) is 16.0. The van der Waals surface area contributed by atoms with E-state index in [1.807, 2.05) is 0 Å². The van der Waals surface area contributed by atoms with Crippen LogP contribution in [0.2, 0.25) is 5.02 Å². The van der Waals surface area contributed by atoms with E-state index in [9.17, 15) is 22.8 Å². The number of ether oxygens (including phenoxy) is 1. The molecule has 0 fully saturated rings. The van der Waals surface area contributed by atoms with Crippen LogP contribution in [0.1, 0.15) is 27.7 Å². The summed E-state index contributed by atoms with van der Waals surface area (Å²) in [4.78, 5) is 29.1. The van der Waals surface area contributed by atoms with Crippen LogP contribution in [0.3, 0.4) is 0 Å². The Labute approximate surface area is 167 Å². The minimum Gasteiger partial charge on any atom is -0.373 e. The number of amides is 1. The first-order valence-corrected chi connectivity index (χ1v) is 8.99. The van der Waals surface area contributed by atoms with Gasteiger partial charge in [0.1, 0.15) is 22.5 Å². The summed E-state index contributed by atoms with van der Waals surface area (Å²) in [7, 11) is 1.45. The fraction of sp³-hybridized carbons (Fsp3) is 0.200. The number of pyridine rings is 1. The first-order valence-electron chi connectivity index (χ1n) is 8.61. The molecule has 150 valence electrons. The number of nitrogens with zero attached hydrogens (tertiary/aromatic N) is 1. The summed E-state index contributed by atoms with van der Waals surface area (Å²) in [6, 6.07) is 4.85. The van der Waals surface area contributed by atoms with Gasteiger partial charge in [0.25, 0.3) is 11.5 Å². The van der Waals surface area contributed by atoms with Gasteiger partial charge >= 0.3 is 0 Å². The van der Waals surface area contributed by atoms with Crippen LogP contribution in [0.15, 0.2) is 35.1 Å². The molecule has 1 aliphatic heterocycles. The molecule has 9 heteroatoms. The maximum absolute atomic E-state index is 13.8. The Morgan fingerprint density at radius 1 is 1.17 bits per heavy atom. The number of benzene rings is 2. The highest BCUT2D eigenvalue weighted by atomic mass is 35.5. The number of hydrogen-bond acceptors (Lipinski definition) is 3. The van der Waals surface area contributed by atoms with Crippen LogP contribution < -0.4 is 5.56 Å². The molecule has 1 atom stereocenters. The van der Waals surface area contributed by atoms with Crippen molar-refractivity contribution in [2.24, 2.45) is 0 Å². The van der Waals surface area contributed by atoms with E-state index in [-0.39, 0.29) is 24.2 Å². The largest absolute Gasteiger partial charge is 0.373 e. The second-order valence-corrected chi connectivity index (χ2v) is 7.12. The molecule has 0 saturated heterocycles. The summed E-state index contributed by atoms with van der Waals surface area (Å²) in [5, 5.41) is -0.0761. The van der Waals surface area contributed by atoms with Crippen molar-refractivity contribution in [2.75, 3.05) is 13.7 Å². The lowest BCUT2D eigenvalue weighted by molar-refractivity contribution is 0.0335. The van der Waals surface area contributed by atoms with Crippen LogP contribution in [-0.2, 0) is 11.3 Å². The van der Waals surface area contributed by atoms with Gasteiger partial charge in [0.2, 0.25) is 0 Å². The number of likely N-dealkylation sites (N-methyl/N-ethyl adjacent to an activating group) is 1. The molecule has 0 unspecified atom stereocenters. The highest BCUT2D eigenvalue weighted by Crippen LogP contribution is 2.34. The fourth-order valence-corrected chi connectivity index (χ4v) is 3.66. The summed E-state index contributed by atoms with van der Waals surface area (Å²) in [5.74, 6) is -3.33. The SMILES string of the molecule is CN(C(=O)c1cc(F)c(Cl)c(F)c1)[C@@H]1COCc2[nH]c(=O)c3cc(F)ccc3c21. The third kappa shape index (κ3) is 3.28. The van der Waals surface area contributed by atoms with E-state index in [4.69, 9.17) is 16.3 Å². The zero-order chi connectivity index (χ0) is 20.9. The number of halogens is 4. The van der Waals surface area contributed by atoms with Crippen molar-refractivity contribution in [3.63, 3.8) is 0 Å². The van der Waals surface area contributed by atoms with Gasteiger partial charge in [-0.3, -0.25) is 9.59 Å². The Kier molecular flexibility index (Phi) is 4.84. The minimum absolute atomic E-state index is 0.0896. The van der Waals surface area contributed by atoms with Crippen LogP contribution in [0.25, 0.3) is 10.8 Å². The number of hydrogen-bond donors (Lipinski definition) is 1. The lowest BCUT2D eigenvalue weighted by atomic mass is 9.95. The summed E-state index contributed by atoms with van der Waals surface area (Å²) < 4.78 is 46.7. The van der Waals surface area contributed by atoms with Gasteiger partial charge in [-0.25, -0.2) is 13.2 Å². The Hall–Kier alpha value is -2.84. The maximum atomic E-state index is 13.8. The lowest BCUT2D eigenvalue weighted by Gasteiger charge is -2.34. The van der Waals surface area contributed by atoms with Gasteiger partial charge in [0, 0.05) is 23.9 Å². The molecule has 1 aromatic heterocycles. The third-order valence-corrected chi connectivity index (χ3v) is 5.34. The summed E-state index contributed by atoms with van der Waals surface area (Å²) >= 11 is 5.48. The Morgan fingerprint density at radius 2 is 1.86 bits per heavy atom. The zero-order valence-corrected chi connectivity index (χ0v) is 15.8. The van der Waals surface area contributed by atoms with E-state index < -0.39 is 40.0 Å². The highest BCUT2D eigenvalue weighted by molar-refractivity contribution is 6.31. The van der Waals surface area contributed by atoms with Crippen molar-refractivity contribution in [1.29, 1.82) is 0 Å². The predicted octanol–water partition coefficient (Wildman–Crippen LogP) is 3.94. The standard InChI is InChI=1S/C20H14ClF3N2O3/c1-26(20(28)9-4-13(23)18(21)14(24)5-9)16-8-29-7-15-17(16)11-3-2-10(22)6-12(11)19(27)25-15/h2-6,16H,7-8H2,1H3,(H,25,27)/t16-/m1/s1. The average molecular weight is 423 g/mol. The van der Waals surface area contributed by atoms with Crippen molar-refractivity contribution >= 4 is 28.3 Å². The van der Waals surface area contributed by atoms with Crippen molar-refractivity contribution in [2.45, 2.75) is 12.6 Å². The first kappa shape index (κ1) is 19.5. The van der Waals surface area contributed by atoms with Gasteiger partial charge in [-0.15, -0.1) is 0 Å². The Bertz CT molecular complexity index is 1190. The number of rotatable bonds is 2. The monoisotopic (exact) mass is 422 g/mol. The molecule has 3 aromatic rings. The van der Waals surface area contributed by atoms with Crippen LogP contribution in [0, 0.1) is 17.5 Å².